The molecule has 106 valence electrons. The molecule has 4 rings (SSSR count). The van der Waals surface area contributed by atoms with Crippen molar-refractivity contribution >= 4 is 5.91 Å². The van der Waals surface area contributed by atoms with E-state index >= 15 is 0 Å². The lowest BCUT2D eigenvalue weighted by atomic mass is 9.82. The highest BCUT2D eigenvalue weighted by Crippen LogP contribution is 2.47. The van der Waals surface area contributed by atoms with E-state index < -0.39 is 0 Å². The number of nitrogens with zero attached hydrogens (tertiary/aromatic N) is 1. The van der Waals surface area contributed by atoms with E-state index in [4.69, 9.17) is 10.5 Å². The Labute approximate surface area is 114 Å². The topological polar surface area (TPSA) is 55.6 Å². The fourth-order valence-electron chi connectivity index (χ4n) is 4.84. The Bertz CT molecular complexity index is 368. The number of rotatable bonds is 2. The summed E-state index contributed by atoms with van der Waals surface area (Å²) in [4.78, 5) is 14.5. The van der Waals surface area contributed by atoms with E-state index in [0.29, 0.717) is 42.3 Å². The first kappa shape index (κ1) is 12.2. The molecule has 4 nitrogen and oxygen atoms in total. The van der Waals surface area contributed by atoms with Gasteiger partial charge in [0, 0.05) is 37.4 Å². The number of likely N-dealkylation sites (tertiary alicyclic amines) is 1. The molecule has 19 heavy (non-hydrogen) atoms. The quantitative estimate of drug-likeness (QED) is 0.813. The summed E-state index contributed by atoms with van der Waals surface area (Å²) in [6, 6.07) is 0.255. The Kier molecular flexibility index (Phi) is 2.85. The summed E-state index contributed by atoms with van der Waals surface area (Å²) in [6.45, 7) is 1.87. The molecule has 4 heteroatoms. The third-order valence-electron chi connectivity index (χ3n) is 5.96. The van der Waals surface area contributed by atoms with Crippen LogP contribution in [0.3, 0.4) is 0 Å². The highest BCUT2D eigenvalue weighted by molar-refractivity contribution is 5.77. The molecular weight excluding hydrogens is 240 g/mol. The summed E-state index contributed by atoms with van der Waals surface area (Å²) < 4.78 is 5.96. The average Bonchev–Trinajstić information content (AvgIpc) is 3.09. The number of ether oxygens (including phenoxy) is 1. The first-order valence-corrected chi connectivity index (χ1v) is 7.91. The Balaban J connectivity index is 1.37. The van der Waals surface area contributed by atoms with Gasteiger partial charge in [-0.05, 0) is 31.6 Å². The molecule has 0 spiro atoms. The molecule has 1 saturated carbocycles. The number of carbonyl (C=O) groups is 1. The molecule has 0 radical (unpaired) electrons. The third kappa shape index (κ3) is 1.91. The summed E-state index contributed by atoms with van der Waals surface area (Å²) >= 11 is 0. The lowest BCUT2D eigenvalue weighted by Crippen LogP contribution is -2.35. The molecule has 0 aromatic carbocycles. The Morgan fingerprint density at radius 3 is 2.37 bits per heavy atom. The number of nitrogens with two attached hydrogens (primary N) is 1. The molecular formula is C15H24N2O2. The summed E-state index contributed by atoms with van der Waals surface area (Å²) in [6.07, 6.45) is 7.42. The van der Waals surface area contributed by atoms with Crippen LogP contribution in [-0.2, 0) is 9.53 Å². The summed E-state index contributed by atoms with van der Waals surface area (Å²) in [5.41, 5.74) is 6.08. The zero-order valence-electron chi connectivity index (χ0n) is 11.5. The molecule has 4 unspecified atom stereocenters. The van der Waals surface area contributed by atoms with Gasteiger partial charge in [-0.15, -0.1) is 0 Å². The van der Waals surface area contributed by atoms with Gasteiger partial charge in [-0.25, -0.2) is 0 Å². The molecule has 2 bridgehead atoms. The van der Waals surface area contributed by atoms with E-state index in [1.54, 1.807) is 0 Å². The van der Waals surface area contributed by atoms with Crippen molar-refractivity contribution in [3.05, 3.63) is 0 Å². The molecule has 0 aromatic heterocycles. The number of amides is 1. The number of fused-ring (bicyclic) bond motifs is 5. The van der Waals surface area contributed by atoms with Gasteiger partial charge in [0.05, 0.1) is 12.2 Å². The minimum atomic E-state index is 0.255. The van der Waals surface area contributed by atoms with Crippen molar-refractivity contribution in [2.75, 3.05) is 13.1 Å². The maximum Gasteiger partial charge on any atom is 0.222 e. The van der Waals surface area contributed by atoms with Gasteiger partial charge in [0.15, 0.2) is 0 Å². The smallest absolute Gasteiger partial charge is 0.222 e. The first-order chi connectivity index (χ1) is 9.22. The van der Waals surface area contributed by atoms with Gasteiger partial charge >= 0.3 is 0 Å². The molecule has 4 fully saturated rings. The van der Waals surface area contributed by atoms with Gasteiger partial charge in [0.1, 0.15) is 0 Å². The number of carbonyl (C=O) groups excluding carboxylic acids is 1. The molecule has 1 amide bonds. The molecule has 4 aliphatic rings. The van der Waals surface area contributed by atoms with Crippen molar-refractivity contribution in [1.82, 2.24) is 4.90 Å². The van der Waals surface area contributed by atoms with Gasteiger partial charge in [-0.3, -0.25) is 4.79 Å². The van der Waals surface area contributed by atoms with Crippen molar-refractivity contribution in [2.24, 2.45) is 23.5 Å². The SMILES string of the molecule is N[C@@H]1CCC[C@H]1CC(=O)N1CC2C3CCC(O3)C2C1. The Morgan fingerprint density at radius 2 is 1.79 bits per heavy atom. The van der Waals surface area contributed by atoms with Crippen LogP contribution in [-0.4, -0.2) is 42.1 Å². The third-order valence-corrected chi connectivity index (χ3v) is 5.96. The van der Waals surface area contributed by atoms with Crippen molar-refractivity contribution < 1.29 is 9.53 Å². The molecule has 6 atom stereocenters. The Morgan fingerprint density at radius 1 is 1.11 bits per heavy atom. The minimum Gasteiger partial charge on any atom is -0.374 e. The summed E-state index contributed by atoms with van der Waals surface area (Å²) in [5.74, 6) is 2.02. The normalized spacial score (nSPS) is 47.9. The van der Waals surface area contributed by atoms with Crippen LogP contribution in [0.5, 0.6) is 0 Å². The van der Waals surface area contributed by atoms with Crippen molar-refractivity contribution in [1.29, 1.82) is 0 Å². The fraction of sp³-hybridized carbons (Fsp3) is 0.933. The van der Waals surface area contributed by atoms with E-state index in [0.717, 1.165) is 25.9 Å². The zero-order chi connectivity index (χ0) is 13.0. The Hall–Kier alpha value is -0.610. The van der Waals surface area contributed by atoms with Crippen LogP contribution in [0.2, 0.25) is 0 Å². The molecule has 1 aliphatic carbocycles. The van der Waals surface area contributed by atoms with Gasteiger partial charge in [-0.1, -0.05) is 6.42 Å². The maximum absolute atomic E-state index is 12.4. The number of hydrogen-bond donors (Lipinski definition) is 1. The van der Waals surface area contributed by atoms with E-state index in [2.05, 4.69) is 4.90 Å². The van der Waals surface area contributed by atoms with Crippen molar-refractivity contribution in [2.45, 2.75) is 56.8 Å². The predicted molar refractivity (Wildman–Crippen MR) is 71.4 cm³/mol. The van der Waals surface area contributed by atoms with Gasteiger partial charge in [0.25, 0.3) is 0 Å². The van der Waals surface area contributed by atoms with Crippen LogP contribution in [0, 0.1) is 17.8 Å². The molecule has 2 N–H and O–H groups in total. The van der Waals surface area contributed by atoms with Gasteiger partial charge < -0.3 is 15.4 Å². The maximum atomic E-state index is 12.4. The standard InChI is InChI=1S/C15H24N2O2/c16-12-3-1-2-9(12)6-15(18)17-7-10-11(8-17)14-5-4-13(10)19-14/h9-14H,1-8,16H2/t9-,10?,11?,12+,13?,14?/m0/s1. The second-order valence-electron chi connectivity index (χ2n) is 6.98. The van der Waals surface area contributed by atoms with E-state index in [1.807, 2.05) is 0 Å². The van der Waals surface area contributed by atoms with Crippen LogP contribution < -0.4 is 5.73 Å². The highest BCUT2D eigenvalue weighted by Gasteiger charge is 2.53. The largest absolute Gasteiger partial charge is 0.374 e. The first-order valence-electron chi connectivity index (χ1n) is 7.91. The monoisotopic (exact) mass is 264 g/mol. The highest BCUT2D eigenvalue weighted by atomic mass is 16.5. The summed E-state index contributed by atoms with van der Waals surface area (Å²) in [5, 5.41) is 0. The second-order valence-corrected chi connectivity index (χ2v) is 6.98. The molecule has 0 aromatic rings. The van der Waals surface area contributed by atoms with Crippen molar-refractivity contribution in [3.63, 3.8) is 0 Å². The number of hydrogen-bond acceptors (Lipinski definition) is 3. The van der Waals surface area contributed by atoms with Crippen LogP contribution in [0.1, 0.15) is 38.5 Å². The van der Waals surface area contributed by atoms with Crippen LogP contribution >= 0.6 is 0 Å². The fourth-order valence-corrected chi connectivity index (χ4v) is 4.84. The minimum absolute atomic E-state index is 0.255. The molecule has 3 saturated heterocycles. The average molecular weight is 264 g/mol. The van der Waals surface area contributed by atoms with E-state index in [1.165, 1.54) is 19.3 Å². The van der Waals surface area contributed by atoms with E-state index in [9.17, 15) is 4.79 Å². The van der Waals surface area contributed by atoms with Crippen LogP contribution in [0.25, 0.3) is 0 Å². The predicted octanol–water partition coefficient (Wildman–Crippen LogP) is 1.14. The van der Waals surface area contributed by atoms with Crippen LogP contribution in [0.15, 0.2) is 0 Å². The van der Waals surface area contributed by atoms with E-state index in [-0.39, 0.29) is 6.04 Å². The van der Waals surface area contributed by atoms with Gasteiger partial charge in [-0.2, -0.15) is 0 Å². The lowest BCUT2D eigenvalue weighted by molar-refractivity contribution is -0.132. The van der Waals surface area contributed by atoms with Gasteiger partial charge in [0.2, 0.25) is 5.91 Å². The van der Waals surface area contributed by atoms with Crippen molar-refractivity contribution in [3.8, 4) is 0 Å². The lowest BCUT2D eigenvalue weighted by Gasteiger charge is -2.22. The van der Waals surface area contributed by atoms with Crippen LogP contribution in [0.4, 0.5) is 0 Å². The summed E-state index contributed by atoms with van der Waals surface area (Å²) in [7, 11) is 0. The zero-order valence-corrected chi connectivity index (χ0v) is 11.5. The second kappa shape index (κ2) is 4.45. The molecule has 3 heterocycles. The molecule has 3 aliphatic heterocycles.